The van der Waals surface area contributed by atoms with Crippen LogP contribution in [0.4, 0.5) is 18.9 Å². The summed E-state index contributed by atoms with van der Waals surface area (Å²) in [4.78, 5) is 17.4. The second kappa shape index (κ2) is 7.53. The molecular formula is C20H19F3N2O3. The lowest BCUT2D eigenvalue weighted by Gasteiger charge is -2.21. The van der Waals surface area contributed by atoms with Gasteiger partial charge in [-0.15, -0.1) is 0 Å². The summed E-state index contributed by atoms with van der Waals surface area (Å²) in [5.74, 6) is -0.0648. The van der Waals surface area contributed by atoms with Crippen molar-refractivity contribution in [3.8, 4) is 0 Å². The Morgan fingerprint density at radius 2 is 2.04 bits per heavy atom. The number of hydrogen-bond acceptors (Lipinski definition) is 5. The van der Waals surface area contributed by atoms with Crippen LogP contribution in [0.5, 0.6) is 0 Å². The molecule has 2 heterocycles. The van der Waals surface area contributed by atoms with Crippen molar-refractivity contribution in [2.75, 3.05) is 18.6 Å². The highest BCUT2D eigenvalue weighted by atomic mass is 19.4. The van der Waals surface area contributed by atoms with E-state index in [-0.39, 0.29) is 18.7 Å². The lowest BCUT2D eigenvalue weighted by Crippen LogP contribution is -2.20. The van der Waals surface area contributed by atoms with Gasteiger partial charge in [0.1, 0.15) is 22.6 Å². The van der Waals surface area contributed by atoms with E-state index in [1.54, 1.807) is 44.0 Å². The molecule has 0 N–H and O–H groups in total. The summed E-state index contributed by atoms with van der Waals surface area (Å²) in [6.07, 6.45) is -3.40. The summed E-state index contributed by atoms with van der Waals surface area (Å²) < 4.78 is 50.2. The molecule has 28 heavy (non-hydrogen) atoms. The molecule has 0 aliphatic carbocycles. The van der Waals surface area contributed by atoms with E-state index in [0.29, 0.717) is 28.0 Å². The van der Waals surface area contributed by atoms with Crippen molar-refractivity contribution in [1.29, 1.82) is 0 Å². The first-order valence-corrected chi connectivity index (χ1v) is 8.65. The normalized spacial score (nSPS) is 11.6. The molecule has 0 amide bonds. The summed E-state index contributed by atoms with van der Waals surface area (Å²) in [6.45, 7) is 3.60. The summed E-state index contributed by atoms with van der Waals surface area (Å²) in [7, 11) is 1.67. The maximum Gasteiger partial charge on any atom is 0.433 e. The fourth-order valence-electron chi connectivity index (χ4n) is 3.07. The number of fused-ring (bicyclic) bond motifs is 1. The van der Waals surface area contributed by atoms with E-state index in [4.69, 9.17) is 9.15 Å². The molecule has 0 fully saturated rings. The van der Waals surface area contributed by atoms with Crippen LogP contribution in [0.2, 0.25) is 0 Å². The summed E-state index contributed by atoms with van der Waals surface area (Å²) in [6, 6.07) is 7.99. The van der Waals surface area contributed by atoms with Gasteiger partial charge in [-0.2, -0.15) is 13.2 Å². The van der Waals surface area contributed by atoms with Crippen molar-refractivity contribution < 1.29 is 27.1 Å². The number of nitrogens with zero attached hydrogens (tertiary/aromatic N) is 2. The Morgan fingerprint density at radius 3 is 2.71 bits per heavy atom. The molecule has 0 spiro atoms. The predicted octanol–water partition coefficient (Wildman–Crippen LogP) is 4.97. The number of pyridine rings is 1. The number of benzene rings is 1. The van der Waals surface area contributed by atoms with Gasteiger partial charge in [0.05, 0.1) is 6.61 Å². The minimum Gasteiger partial charge on any atom is -0.462 e. The zero-order chi connectivity index (χ0) is 20.5. The van der Waals surface area contributed by atoms with E-state index in [1.807, 2.05) is 0 Å². The van der Waals surface area contributed by atoms with E-state index in [2.05, 4.69) is 4.98 Å². The van der Waals surface area contributed by atoms with Crippen molar-refractivity contribution in [1.82, 2.24) is 4.98 Å². The standard InChI is InChI=1S/C20H19F3N2O3/c1-4-27-19(26)17-12(2)28-16-8-7-14(10-15(16)17)25(3)11-13-6-5-9-24-18(13)20(21,22)23/h5-10H,4,11H2,1-3H3. The van der Waals surface area contributed by atoms with E-state index in [0.717, 1.165) is 6.20 Å². The number of aromatic nitrogens is 1. The van der Waals surface area contributed by atoms with Crippen molar-refractivity contribution >= 4 is 22.6 Å². The van der Waals surface area contributed by atoms with Gasteiger partial charge in [-0.05, 0) is 38.1 Å². The summed E-state index contributed by atoms with van der Waals surface area (Å²) in [5.41, 5.74) is 0.622. The predicted molar refractivity (Wildman–Crippen MR) is 98.3 cm³/mol. The van der Waals surface area contributed by atoms with E-state index in [9.17, 15) is 18.0 Å². The highest BCUT2D eigenvalue weighted by molar-refractivity contribution is 6.05. The topological polar surface area (TPSA) is 55.6 Å². The molecule has 0 saturated heterocycles. The summed E-state index contributed by atoms with van der Waals surface area (Å²) >= 11 is 0. The Balaban J connectivity index is 1.96. The van der Waals surface area contributed by atoms with E-state index in [1.165, 1.54) is 12.1 Å². The highest BCUT2D eigenvalue weighted by Gasteiger charge is 2.35. The van der Waals surface area contributed by atoms with Crippen LogP contribution in [0, 0.1) is 6.92 Å². The van der Waals surface area contributed by atoms with Crippen molar-refractivity contribution in [3.63, 3.8) is 0 Å². The van der Waals surface area contributed by atoms with Gasteiger partial charge in [0.2, 0.25) is 0 Å². The monoisotopic (exact) mass is 392 g/mol. The van der Waals surface area contributed by atoms with Crippen LogP contribution in [0.1, 0.15) is 34.3 Å². The maximum absolute atomic E-state index is 13.2. The van der Waals surface area contributed by atoms with Crippen molar-refractivity contribution in [2.24, 2.45) is 0 Å². The van der Waals surface area contributed by atoms with Gasteiger partial charge in [-0.25, -0.2) is 4.79 Å². The molecule has 3 aromatic rings. The fraction of sp³-hybridized carbons (Fsp3) is 0.300. The third kappa shape index (κ3) is 3.81. The number of alkyl halides is 3. The van der Waals surface area contributed by atoms with Crippen LogP contribution < -0.4 is 4.90 Å². The molecular weight excluding hydrogens is 373 g/mol. The number of carbonyl (C=O) groups is 1. The van der Waals surface area contributed by atoms with E-state index >= 15 is 0 Å². The molecule has 0 bridgehead atoms. The van der Waals surface area contributed by atoms with Crippen LogP contribution in [0.3, 0.4) is 0 Å². The fourth-order valence-corrected chi connectivity index (χ4v) is 3.07. The molecule has 0 atom stereocenters. The van der Waals surface area contributed by atoms with Gasteiger partial charge < -0.3 is 14.1 Å². The number of anilines is 1. The van der Waals surface area contributed by atoms with Crippen LogP contribution in [0.25, 0.3) is 11.0 Å². The zero-order valence-electron chi connectivity index (χ0n) is 15.6. The number of esters is 1. The lowest BCUT2D eigenvalue weighted by atomic mass is 10.1. The third-order valence-corrected chi connectivity index (χ3v) is 4.34. The van der Waals surface area contributed by atoms with Gasteiger partial charge >= 0.3 is 12.1 Å². The van der Waals surface area contributed by atoms with Gasteiger partial charge in [-0.3, -0.25) is 4.98 Å². The molecule has 0 saturated carbocycles. The minimum absolute atomic E-state index is 0.000235. The Hall–Kier alpha value is -3.03. The van der Waals surface area contributed by atoms with Crippen molar-refractivity contribution in [3.05, 3.63) is 59.1 Å². The Morgan fingerprint density at radius 1 is 1.29 bits per heavy atom. The molecule has 0 radical (unpaired) electrons. The van der Waals surface area contributed by atoms with Crippen LogP contribution in [-0.2, 0) is 17.5 Å². The number of halogens is 3. The van der Waals surface area contributed by atoms with Crippen LogP contribution >= 0.6 is 0 Å². The second-order valence-corrected chi connectivity index (χ2v) is 6.30. The molecule has 0 unspecified atom stereocenters. The maximum atomic E-state index is 13.2. The molecule has 5 nitrogen and oxygen atoms in total. The molecule has 2 aromatic heterocycles. The highest BCUT2D eigenvalue weighted by Crippen LogP contribution is 2.33. The van der Waals surface area contributed by atoms with Crippen molar-refractivity contribution in [2.45, 2.75) is 26.6 Å². The molecule has 148 valence electrons. The largest absolute Gasteiger partial charge is 0.462 e. The lowest BCUT2D eigenvalue weighted by molar-refractivity contribution is -0.141. The second-order valence-electron chi connectivity index (χ2n) is 6.30. The first-order valence-electron chi connectivity index (χ1n) is 8.65. The Kier molecular flexibility index (Phi) is 5.31. The smallest absolute Gasteiger partial charge is 0.433 e. The number of ether oxygens (including phenoxy) is 1. The van der Waals surface area contributed by atoms with Crippen LogP contribution in [0.15, 0.2) is 40.9 Å². The first kappa shape index (κ1) is 19.7. The first-order chi connectivity index (χ1) is 13.2. The Labute approximate surface area is 159 Å². The SMILES string of the molecule is CCOC(=O)c1c(C)oc2ccc(N(C)Cc3cccnc3C(F)(F)F)cc12. The van der Waals surface area contributed by atoms with Crippen LogP contribution in [-0.4, -0.2) is 24.6 Å². The molecule has 0 aliphatic heterocycles. The van der Waals surface area contributed by atoms with Gasteiger partial charge in [0.15, 0.2) is 0 Å². The van der Waals surface area contributed by atoms with Gasteiger partial charge in [-0.1, -0.05) is 6.07 Å². The zero-order valence-corrected chi connectivity index (χ0v) is 15.6. The third-order valence-electron chi connectivity index (χ3n) is 4.34. The number of carbonyl (C=O) groups excluding carboxylic acids is 1. The minimum atomic E-state index is -4.53. The number of furan rings is 1. The van der Waals surface area contributed by atoms with Gasteiger partial charge in [0.25, 0.3) is 0 Å². The Bertz CT molecular complexity index is 1010. The molecule has 0 aliphatic rings. The molecule has 1 aromatic carbocycles. The van der Waals surface area contributed by atoms with E-state index < -0.39 is 17.8 Å². The van der Waals surface area contributed by atoms with Gasteiger partial charge in [0, 0.05) is 36.4 Å². The number of hydrogen-bond donors (Lipinski definition) is 0. The molecule has 8 heteroatoms. The number of aryl methyl sites for hydroxylation is 1. The molecule has 3 rings (SSSR count). The summed E-state index contributed by atoms with van der Waals surface area (Å²) in [5, 5.41) is 0.558. The average molecular weight is 392 g/mol. The quantitative estimate of drug-likeness (QED) is 0.574. The average Bonchev–Trinajstić information content (AvgIpc) is 2.96. The number of rotatable bonds is 5.